The van der Waals surface area contributed by atoms with Gasteiger partial charge in [0.05, 0.1) is 26.0 Å². The zero-order valence-corrected chi connectivity index (χ0v) is 21.1. The summed E-state index contributed by atoms with van der Waals surface area (Å²) in [6, 6.07) is 21.7. The quantitative estimate of drug-likeness (QED) is 0.116. The van der Waals surface area contributed by atoms with Crippen molar-refractivity contribution in [2.45, 2.75) is 0 Å². The third kappa shape index (κ3) is 6.08. The van der Waals surface area contributed by atoms with Gasteiger partial charge in [0.25, 0.3) is 0 Å². The molecule has 0 aliphatic heterocycles. The van der Waals surface area contributed by atoms with Crippen molar-refractivity contribution in [2.75, 3.05) is 19.5 Å². The molecule has 2 amide bonds. The van der Waals surface area contributed by atoms with E-state index in [9.17, 15) is 14.4 Å². The van der Waals surface area contributed by atoms with Gasteiger partial charge in [-0.25, -0.2) is 10.2 Å². The number of hydrogen-bond donors (Lipinski definition) is 2. The second kappa shape index (κ2) is 11.9. The highest BCUT2D eigenvalue weighted by atomic mass is 35.5. The van der Waals surface area contributed by atoms with E-state index in [0.717, 1.165) is 5.39 Å². The number of ether oxygens (including phenoxy) is 3. The Morgan fingerprint density at radius 1 is 0.816 bits per heavy atom. The lowest BCUT2D eigenvalue weighted by Gasteiger charge is -2.12. The number of amides is 2. The summed E-state index contributed by atoms with van der Waals surface area (Å²) in [7, 11) is 2.96. The van der Waals surface area contributed by atoms with E-state index in [2.05, 4.69) is 15.8 Å². The van der Waals surface area contributed by atoms with Crippen molar-refractivity contribution in [1.82, 2.24) is 5.43 Å². The molecular formula is C28H22ClN3O6. The van der Waals surface area contributed by atoms with Crippen molar-refractivity contribution < 1.29 is 28.6 Å². The number of carbonyl (C=O) groups excluding carboxylic acids is 3. The standard InChI is InChI=1S/C28H22ClN3O6/c1-36-24-14-8-18(15-25(24)37-2)28(35)38-23-13-7-17-5-3-4-6-21(17)22(23)16-30-32-27(34)26(33)31-20-11-9-19(29)10-12-20/h3-16H,1-2H3,(H,31,33)(H,32,34)/b30-16+. The Morgan fingerprint density at radius 3 is 2.26 bits per heavy atom. The van der Waals surface area contributed by atoms with Crippen LogP contribution in [-0.2, 0) is 9.59 Å². The molecule has 2 N–H and O–H groups in total. The SMILES string of the molecule is COc1ccc(C(=O)Oc2ccc3ccccc3c2/C=N/NC(=O)C(=O)Nc2ccc(Cl)cc2)cc1OC. The van der Waals surface area contributed by atoms with Crippen molar-refractivity contribution in [3.8, 4) is 17.2 Å². The van der Waals surface area contributed by atoms with Gasteiger partial charge >= 0.3 is 17.8 Å². The van der Waals surface area contributed by atoms with Crippen molar-refractivity contribution in [3.63, 3.8) is 0 Å². The number of carbonyl (C=O) groups is 3. The first-order valence-corrected chi connectivity index (χ1v) is 11.6. The number of fused-ring (bicyclic) bond motifs is 1. The number of hydrogen-bond acceptors (Lipinski definition) is 7. The molecule has 0 aliphatic rings. The van der Waals surface area contributed by atoms with Crippen LogP contribution in [0.5, 0.6) is 17.2 Å². The van der Waals surface area contributed by atoms with Crippen LogP contribution in [0.2, 0.25) is 5.02 Å². The first kappa shape index (κ1) is 26.2. The van der Waals surface area contributed by atoms with Gasteiger partial charge in [0.2, 0.25) is 0 Å². The van der Waals surface area contributed by atoms with Crippen molar-refractivity contribution >= 4 is 52.1 Å². The summed E-state index contributed by atoms with van der Waals surface area (Å²) < 4.78 is 16.2. The van der Waals surface area contributed by atoms with E-state index in [1.54, 1.807) is 48.5 Å². The van der Waals surface area contributed by atoms with Crippen molar-refractivity contribution in [2.24, 2.45) is 5.10 Å². The van der Waals surface area contributed by atoms with Crippen LogP contribution in [0.15, 0.2) is 84.0 Å². The van der Waals surface area contributed by atoms with E-state index < -0.39 is 17.8 Å². The summed E-state index contributed by atoms with van der Waals surface area (Å²) in [5.41, 5.74) is 3.26. The van der Waals surface area contributed by atoms with E-state index in [1.165, 1.54) is 26.5 Å². The minimum absolute atomic E-state index is 0.201. The molecule has 0 saturated heterocycles. The molecule has 0 atom stereocenters. The Bertz CT molecular complexity index is 1540. The molecule has 4 rings (SSSR count). The Labute approximate surface area is 223 Å². The molecule has 0 unspecified atom stereocenters. The molecule has 0 aromatic heterocycles. The first-order chi connectivity index (χ1) is 18.4. The summed E-state index contributed by atoms with van der Waals surface area (Å²) in [6.07, 6.45) is 1.31. The fraction of sp³-hybridized carbons (Fsp3) is 0.0714. The maximum absolute atomic E-state index is 12.9. The number of nitrogens with one attached hydrogen (secondary N) is 2. The predicted molar refractivity (Wildman–Crippen MR) is 144 cm³/mol. The Kier molecular flexibility index (Phi) is 8.20. The number of anilines is 1. The smallest absolute Gasteiger partial charge is 0.343 e. The van der Waals surface area contributed by atoms with E-state index >= 15 is 0 Å². The molecule has 0 fully saturated rings. The molecule has 192 valence electrons. The van der Waals surface area contributed by atoms with Crippen LogP contribution in [0.25, 0.3) is 10.8 Å². The normalized spacial score (nSPS) is 10.7. The summed E-state index contributed by atoms with van der Waals surface area (Å²) >= 11 is 5.83. The molecule has 10 heteroatoms. The topological polar surface area (TPSA) is 115 Å². The molecule has 0 saturated carbocycles. The summed E-state index contributed by atoms with van der Waals surface area (Å²) in [4.78, 5) is 37.4. The minimum Gasteiger partial charge on any atom is -0.493 e. The maximum atomic E-state index is 12.9. The molecule has 38 heavy (non-hydrogen) atoms. The Balaban J connectivity index is 1.55. The molecule has 0 spiro atoms. The number of benzene rings is 4. The number of nitrogens with zero attached hydrogens (tertiary/aromatic N) is 1. The number of esters is 1. The maximum Gasteiger partial charge on any atom is 0.343 e. The van der Waals surface area contributed by atoms with Crippen LogP contribution in [0.4, 0.5) is 5.69 Å². The summed E-state index contributed by atoms with van der Waals surface area (Å²) in [5, 5.41) is 8.44. The molecule has 0 heterocycles. The van der Waals surface area contributed by atoms with Gasteiger partial charge in [-0.3, -0.25) is 9.59 Å². The van der Waals surface area contributed by atoms with E-state index in [4.69, 9.17) is 25.8 Å². The van der Waals surface area contributed by atoms with Crippen LogP contribution in [0, 0.1) is 0 Å². The van der Waals surface area contributed by atoms with Crippen LogP contribution < -0.4 is 25.0 Å². The lowest BCUT2D eigenvalue weighted by molar-refractivity contribution is -0.136. The van der Waals surface area contributed by atoms with Gasteiger partial charge in [-0.2, -0.15) is 5.10 Å². The van der Waals surface area contributed by atoms with Gasteiger partial charge in [0, 0.05) is 16.3 Å². The van der Waals surface area contributed by atoms with Crippen LogP contribution >= 0.6 is 11.6 Å². The summed E-state index contributed by atoms with van der Waals surface area (Å²) in [5.74, 6) is -1.49. The Hall–Kier alpha value is -4.89. The number of rotatable bonds is 7. The molecular weight excluding hydrogens is 510 g/mol. The van der Waals surface area contributed by atoms with E-state index in [1.807, 2.05) is 24.3 Å². The fourth-order valence-corrected chi connectivity index (χ4v) is 3.67. The molecule has 0 aliphatic carbocycles. The van der Waals surface area contributed by atoms with Crippen molar-refractivity contribution in [1.29, 1.82) is 0 Å². The average Bonchev–Trinajstić information content (AvgIpc) is 2.94. The molecule has 0 bridgehead atoms. The zero-order valence-electron chi connectivity index (χ0n) is 20.4. The van der Waals surface area contributed by atoms with Gasteiger partial charge in [0.1, 0.15) is 5.75 Å². The van der Waals surface area contributed by atoms with Crippen LogP contribution in [-0.4, -0.2) is 38.2 Å². The van der Waals surface area contributed by atoms with E-state index in [-0.39, 0.29) is 11.3 Å². The lowest BCUT2D eigenvalue weighted by atomic mass is 10.0. The molecule has 4 aromatic rings. The number of halogens is 1. The van der Waals surface area contributed by atoms with Gasteiger partial charge in [0.15, 0.2) is 11.5 Å². The lowest BCUT2D eigenvalue weighted by Crippen LogP contribution is -2.32. The third-order valence-electron chi connectivity index (χ3n) is 5.42. The second-order valence-electron chi connectivity index (χ2n) is 7.82. The highest BCUT2D eigenvalue weighted by Crippen LogP contribution is 2.30. The van der Waals surface area contributed by atoms with Gasteiger partial charge in [-0.1, -0.05) is 41.9 Å². The van der Waals surface area contributed by atoms with Crippen LogP contribution in [0.1, 0.15) is 15.9 Å². The predicted octanol–water partition coefficient (Wildman–Crippen LogP) is 4.82. The average molecular weight is 532 g/mol. The van der Waals surface area contributed by atoms with Gasteiger partial charge in [-0.15, -0.1) is 0 Å². The first-order valence-electron chi connectivity index (χ1n) is 11.3. The summed E-state index contributed by atoms with van der Waals surface area (Å²) in [6.45, 7) is 0. The fourth-order valence-electron chi connectivity index (χ4n) is 3.55. The highest BCUT2D eigenvalue weighted by Gasteiger charge is 2.17. The largest absolute Gasteiger partial charge is 0.493 e. The van der Waals surface area contributed by atoms with Crippen molar-refractivity contribution in [3.05, 3.63) is 95.0 Å². The Morgan fingerprint density at radius 2 is 1.53 bits per heavy atom. The third-order valence-corrected chi connectivity index (χ3v) is 5.67. The highest BCUT2D eigenvalue weighted by molar-refractivity contribution is 6.39. The van der Waals surface area contributed by atoms with Gasteiger partial charge < -0.3 is 19.5 Å². The van der Waals surface area contributed by atoms with E-state index in [0.29, 0.717) is 33.2 Å². The minimum atomic E-state index is -0.986. The molecule has 4 aromatic carbocycles. The van der Waals surface area contributed by atoms with Gasteiger partial charge in [-0.05, 0) is 59.3 Å². The zero-order chi connectivity index (χ0) is 27.1. The molecule has 9 nitrogen and oxygen atoms in total. The monoisotopic (exact) mass is 531 g/mol. The second-order valence-corrected chi connectivity index (χ2v) is 8.25. The number of hydrazone groups is 1. The number of methoxy groups -OCH3 is 2. The van der Waals surface area contributed by atoms with Crippen LogP contribution in [0.3, 0.4) is 0 Å². The molecule has 0 radical (unpaired) electrons.